The van der Waals surface area contributed by atoms with Crippen LogP contribution >= 0.6 is 0 Å². The summed E-state index contributed by atoms with van der Waals surface area (Å²) in [6.07, 6.45) is 12.8. The van der Waals surface area contributed by atoms with Crippen molar-refractivity contribution in [3.63, 3.8) is 0 Å². The molecule has 3 aliphatic rings. The molecular formula is C22H30N4O4. The number of ketones is 1. The molecule has 0 spiro atoms. The highest BCUT2D eigenvalue weighted by Crippen LogP contribution is 2.33. The van der Waals surface area contributed by atoms with Crippen molar-refractivity contribution in [1.29, 1.82) is 0 Å². The lowest BCUT2D eigenvalue weighted by molar-refractivity contribution is -0.141. The van der Waals surface area contributed by atoms with E-state index in [0.29, 0.717) is 23.4 Å². The van der Waals surface area contributed by atoms with Crippen LogP contribution in [0.1, 0.15) is 57.8 Å². The monoisotopic (exact) mass is 414 g/mol. The zero-order chi connectivity index (χ0) is 21.5. The summed E-state index contributed by atoms with van der Waals surface area (Å²) >= 11 is 0. The molecule has 1 atom stereocenters. The number of carbonyl (C=O) groups is 4. The Kier molecular flexibility index (Phi) is 7.57. The van der Waals surface area contributed by atoms with Crippen LogP contribution in [0.15, 0.2) is 35.2 Å². The van der Waals surface area contributed by atoms with Gasteiger partial charge in [0.15, 0.2) is 5.78 Å². The molecule has 8 nitrogen and oxygen atoms in total. The normalized spacial score (nSPS) is 21.2. The number of carbonyl (C=O) groups excluding carboxylic acids is 4. The standard InChI is InChI=1S/C22H30N4O4/c23-10-6-4-2-1-3-5-7-11-24-18-13-15(27)12-16-17(18)14-26(22(16)30)19-8-9-20(28)25-21(19)29/h12-14,19,24H,1-11,23H2,(H,25,28,29). The molecule has 0 radical (unpaired) electrons. The third kappa shape index (κ3) is 5.24. The Labute approximate surface area is 176 Å². The lowest BCUT2D eigenvalue weighted by Gasteiger charge is -2.27. The summed E-state index contributed by atoms with van der Waals surface area (Å²) in [4.78, 5) is 49.8. The van der Waals surface area contributed by atoms with Gasteiger partial charge in [-0.25, -0.2) is 0 Å². The highest BCUT2D eigenvalue weighted by Gasteiger charge is 2.40. The van der Waals surface area contributed by atoms with Crippen molar-refractivity contribution in [2.75, 3.05) is 13.1 Å². The van der Waals surface area contributed by atoms with Gasteiger partial charge >= 0.3 is 0 Å². The van der Waals surface area contributed by atoms with Gasteiger partial charge in [0.1, 0.15) is 6.04 Å². The molecule has 3 rings (SSSR count). The van der Waals surface area contributed by atoms with Gasteiger partial charge in [0, 0.05) is 36.5 Å². The van der Waals surface area contributed by atoms with Crippen molar-refractivity contribution >= 4 is 23.5 Å². The molecule has 2 heterocycles. The molecule has 8 heteroatoms. The number of rotatable bonds is 11. The first-order chi connectivity index (χ1) is 14.5. The van der Waals surface area contributed by atoms with Crippen LogP contribution in [-0.2, 0) is 19.2 Å². The molecule has 0 saturated carbocycles. The summed E-state index contributed by atoms with van der Waals surface area (Å²) in [5, 5.41) is 5.55. The maximum atomic E-state index is 12.8. The molecule has 1 fully saturated rings. The van der Waals surface area contributed by atoms with Crippen molar-refractivity contribution < 1.29 is 19.2 Å². The fourth-order valence-electron chi connectivity index (χ4n) is 3.98. The number of hydrogen-bond donors (Lipinski definition) is 3. The number of nitrogens with two attached hydrogens (primary N) is 1. The Bertz CT molecular complexity index is 812. The Balaban J connectivity index is 1.54. The van der Waals surface area contributed by atoms with Gasteiger partial charge in [0.25, 0.3) is 5.91 Å². The molecule has 4 N–H and O–H groups in total. The molecule has 0 aromatic rings. The number of imide groups is 1. The van der Waals surface area contributed by atoms with Crippen LogP contribution in [0, 0.1) is 0 Å². The second-order valence-electron chi connectivity index (χ2n) is 7.93. The van der Waals surface area contributed by atoms with Gasteiger partial charge in [0.2, 0.25) is 11.8 Å². The Morgan fingerprint density at radius 2 is 1.67 bits per heavy atom. The van der Waals surface area contributed by atoms with Gasteiger partial charge in [-0.1, -0.05) is 32.1 Å². The van der Waals surface area contributed by atoms with E-state index in [2.05, 4.69) is 10.6 Å². The van der Waals surface area contributed by atoms with E-state index >= 15 is 0 Å². The molecule has 2 aliphatic heterocycles. The fourth-order valence-corrected chi connectivity index (χ4v) is 3.98. The van der Waals surface area contributed by atoms with Crippen LogP contribution in [0.5, 0.6) is 0 Å². The predicted molar refractivity (Wildman–Crippen MR) is 112 cm³/mol. The predicted octanol–water partition coefficient (Wildman–Crippen LogP) is 1.19. The molecule has 162 valence electrons. The second kappa shape index (κ2) is 10.3. The number of fused-ring (bicyclic) bond motifs is 1. The largest absolute Gasteiger partial charge is 0.384 e. The quantitative estimate of drug-likeness (QED) is 0.345. The average Bonchev–Trinajstić information content (AvgIpc) is 3.03. The minimum atomic E-state index is -0.732. The summed E-state index contributed by atoms with van der Waals surface area (Å²) in [5.41, 5.74) is 7.04. The SMILES string of the molecule is NCCCCCCCCCNC1=CC(=O)C=C2C(=O)N(C3CCC(=O)NC3=O)C=C12. The molecule has 1 unspecified atom stereocenters. The molecular weight excluding hydrogens is 384 g/mol. The van der Waals surface area contributed by atoms with E-state index in [0.717, 1.165) is 25.8 Å². The van der Waals surface area contributed by atoms with E-state index in [9.17, 15) is 19.2 Å². The van der Waals surface area contributed by atoms with Gasteiger partial charge in [-0.15, -0.1) is 0 Å². The number of allylic oxidation sites excluding steroid dienone is 3. The van der Waals surface area contributed by atoms with Crippen molar-refractivity contribution in [3.05, 3.63) is 35.2 Å². The van der Waals surface area contributed by atoms with E-state index in [4.69, 9.17) is 5.73 Å². The van der Waals surface area contributed by atoms with Gasteiger partial charge in [-0.2, -0.15) is 0 Å². The third-order valence-corrected chi connectivity index (χ3v) is 5.63. The van der Waals surface area contributed by atoms with Crippen LogP contribution in [0.2, 0.25) is 0 Å². The fraction of sp³-hybridized carbons (Fsp3) is 0.545. The first-order valence-electron chi connectivity index (χ1n) is 10.8. The smallest absolute Gasteiger partial charge is 0.259 e. The van der Waals surface area contributed by atoms with E-state index in [1.54, 1.807) is 6.20 Å². The van der Waals surface area contributed by atoms with Gasteiger partial charge in [-0.3, -0.25) is 24.5 Å². The topological polar surface area (TPSA) is 122 Å². The lowest BCUT2D eigenvalue weighted by atomic mass is 9.97. The van der Waals surface area contributed by atoms with Gasteiger partial charge in [0.05, 0.1) is 5.57 Å². The van der Waals surface area contributed by atoms with Gasteiger partial charge in [-0.05, 0) is 31.9 Å². The van der Waals surface area contributed by atoms with E-state index < -0.39 is 11.9 Å². The Morgan fingerprint density at radius 1 is 0.967 bits per heavy atom. The molecule has 1 aliphatic carbocycles. The Morgan fingerprint density at radius 3 is 2.37 bits per heavy atom. The zero-order valence-corrected chi connectivity index (χ0v) is 17.2. The second-order valence-corrected chi connectivity index (χ2v) is 7.93. The number of nitrogens with one attached hydrogen (secondary N) is 2. The maximum absolute atomic E-state index is 12.8. The highest BCUT2D eigenvalue weighted by atomic mass is 16.2. The van der Waals surface area contributed by atoms with Crippen LogP contribution in [-0.4, -0.2) is 47.5 Å². The van der Waals surface area contributed by atoms with Crippen LogP contribution in [0.25, 0.3) is 0 Å². The minimum absolute atomic E-state index is 0.189. The number of hydrogen-bond acceptors (Lipinski definition) is 6. The summed E-state index contributed by atoms with van der Waals surface area (Å²) in [6.45, 7) is 1.46. The number of unbranched alkanes of at least 4 members (excludes halogenated alkanes) is 6. The summed E-state index contributed by atoms with van der Waals surface area (Å²) in [7, 11) is 0. The first-order valence-corrected chi connectivity index (χ1v) is 10.8. The Hall–Kier alpha value is -2.74. The van der Waals surface area contributed by atoms with Crippen LogP contribution in [0.4, 0.5) is 0 Å². The molecule has 0 aromatic carbocycles. The first kappa shape index (κ1) is 22.0. The number of piperidine rings is 1. The maximum Gasteiger partial charge on any atom is 0.259 e. The third-order valence-electron chi connectivity index (χ3n) is 5.63. The number of nitrogens with zero attached hydrogens (tertiary/aromatic N) is 1. The van der Waals surface area contributed by atoms with E-state index in [-0.39, 0.29) is 30.4 Å². The molecule has 1 saturated heterocycles. The van der Waals surface area contributed by atoms with Crippen molar-refractivity contribution in [2.24, 2.45) is 5.73 Å². The summed E-state index contributed by atoms with van der Waals surface area (Å²) < 4.78 is 0. The zero-order valence-electron chi connectivity index (χ0n) is 17.2. The van der Waals surface area contributed by atoms with Crippen molar-refractivity contribution in [3.8, 4) is 0 Å². The van der Waals surface area contributed by atoms with Crippen molar-refractivity contribution in [2.45, 2.75) is 63.8 Å². The molecule has 0 bridgehead atoms. The summed E-state index contributed by atoms with van der Waals surface area (Å²) in [6, 6.07) is -0.732. The van der Waals surface area contributed by atoms with E-state index in [1.165, 1.54) is 42.7 Å². The molecule has 3 amide bonds. The minimum Gasteiger partial charge on any atom is -0.384 e. The lowest BCUT2D eigenvalue weighted by Crippen LogP contribution is -2.51. The van der Waals surface area contributed by atoms with Gasteiger partial charge < -0.3 is 16.0 Å². The average molecular weight is 415 g/mol. The van der Waals surface area contributed by atoms with E-state index in [1.807, 2.05) is 0 Å². The van der Waals surface area contributed by atoms with Crippen LogP contribution < -0.4 is 16.4 Å². The highest BCUT2D eigenvalue weighted by molar-refractivity contribution is 6.15. The van der Waals surface area contributed by atoms with Crippen molar-refractivity contribution in [1.82, 2.24) is 15.5 Å². The molecule has 0 aromatic heterocycles. The summed E-state index contributed by atoms with van der Waals surface area (Å²) in [5.74, 6) is -1.43. The van der Waals surface area contributed by atoms with Crippen LogP contribution in [0.3, 0.4) is 0 Å². The number of amides is 3. The molecule has 30 heavy (non-hydrogen) atoms.